The molecule has 3 aromatic rings. The van der Waals surface area contributed by atoms with Crippen LogP contribution in [0.3, 0.4) is 0 Å². The number of aryl methyl sites for hydroxylation is 2. The van der Waals surface area contributed by atoms with Gasteiger partial charge in [0.15, 0.2) is 5.16 Å². The van der Waals surface area contributed by atoms with Crippen molar-refractivity contribution in [3.63, 3.8) is 0 Å². The fraction of sp³-hybridized carbons (Fsp3) is 0.250. The molecule has 3 rings (SSSR count). The van der Waals surface area contributed by atoms with Gasteiger partial charge in [-0.1, -0.05) is 53.2 Å². The Morgan fingerprint density at radius 1 is 1.22 bits per heavy atom. The summed E-state index contributed by atoms with van der Waals surface area (Å²) in [6.07, 6.45) is 1.67. The maximum atomic E-state index is 12.3. The van der Waals surface area contributed by atoms with E-state index in [0.29, 0.717) is 10.2 Å². The molecule has 0 aliphatic heterocycles. The third-order valence-electron chi connectivity index (χ3n) is 4.21. The fourth-order valence-electron chi connectivity index (χ4n) is 2.81. The summed E-state index contributed by atoms with van der Waals surface area (Å²) in [4.78, 5) is 12.3. The third-order valence-corrected chi connectivity index (χ3v) is 5.40. The predicted molar refractivity (Wildman–Crippen MR) is 110 cm³/mol. The Hall–Kier alpha value is -2.31. The highest BCUT2D eigenvalue weighted by molar-refractivity contribution is 7.99. The Balaban J connectivity index is 1.63. The third kappa shape index (κ3) is 4.90. The maximum Gasteiger partial charge on any atom is 0.230 e. The number of carbonyl (C=O) groups excluding carboxylic acids is 1. The Morgan fingerprint density at radius 3 is 2.67 bits per heavy atom. The number of nitrogens with zero attached hydrogens (tertiary/aromatic N) is 3. The number of rotatable bonds is 6. The van der Waals surface area contributed by atoms with Crippen LogP contribution in [0.1, 0.15) is 29.7 Å². The minimum atomic E-state index is -0.0902. The molecule has 0 saturated carbocycles. The van der Waals surface area contributed by atoms with E-state index < -0.39 is 0 Å². The van der Waals surface area contributed by atoms with E-state index in [1.807, 2.05) is 41.8 Å². The maximum absolute atomic E-state index is 12.3. The molecular weight excluding hydrogens is 380 g/mol. The standard InChI is InChI=1S/C20H21ClN4OS/c1-13-4-9-18(14(2)10-13)25-12-22-24-20(25)27-11-19(26)23-15(3)16-5-7-17(21)8-6-16/h4-10,12,15H,11H2,1-3H3,(H,23,26). The van der Waals surface area contributed by atoms with Crippen molar-refractivity contribution in [1.82, 2.24) is 20.1 Å². The van der Waals surface area contributed by atoms with Crippen LogP contribution in [0, 0.1) is 13.8 Å². The first-order valence-corrected chi connectivity index (χ1v) is 9.95. The number of hydrogen-bond acceptors (Lipinski definition) is 4. The summed E-state index contributed by atoms with van der Waals surface area (Å²) in [6, 6.07) is 13.6. The van der Waals surface area contributed by atoms with Crippen LogP contribution in [0.2, 0.25) is 5.02 Å². The molecule has 2 aromatic carbocycles. The van der Waals surface area contributed by atoms with E-state index in [9.17, 15) is 4.79 Å². The van der Waals surface area contributed by atoms with Gasteiger partial charge in [0.25, 0.3) is 0 Å². The van der Waals surface area contributed by atoms with Gasteiger partial charge in [0.1, 0.15) is 6.33 Å². The number of nitrogens with one attached hydrogen (secondary N) is 1. The van der Waals surface area contributed by atoms with Gasteiger partial charge in [-0.25, -0.2) is 0 Å². The zero-order chi connectivity index (χ0) is 19.4. The van der Waals surface area contributed by atoms with Gasteiger partial charge in [-0.3, -0.25) is 9.36 Å². The van der Waals surface area contributed by atoms with E-state index in [-0.39, 0.29) is 17.7 Å². The number of aromatic nitrogens is 3. The Bertz CT molecular complexity index is 939. The second-order valence-electron chi connectivity index (χ2n) is 6.40. The molecule has 0 spiro atoms. The topological polar surface area (TPSA) is 59.8 Å². The molecule has 7 heteroatoms. The monoisotopic (exact) mass is 400 g/mol. The lowest BCUT2D eigenvalue weighted by Gasteiger charge is -2.14. The van der Waals surface area contributed by atoms with Crippen LogP contribution < -0.4 is 5.32 Å². The van der Waals surface area contributed by atoms with Crippen molar-refractivity contribution in [2.24, 2.45) is 0 Å². The van der Waals surface area contributed by atoms with E-state index in [4.69, 9.17) is 11.6 Å². The average molecular weight is 401 g/mol. The van der Waals surface area contributed by atoms with Gasteiger partial charge in [0.05, 0.1) is 17.5 Å². The molecule has 1 heterocycles. The first-order chi connectivity index (χ1) is 12.9. The zero-order valence-electron chi connectivity index (χ0n) is 15.4. The summed E-state index contributed by atoms with van der Waals surface area (Å²) in [5.41, 5.74) is 4.37. The van der Waals surface area contributed by atoms with Crippen molar-refractivity contribution in [2.45, 2.75) is 32.0 Å². The van der Waals surface area contributed by atoms with Crippen LogP contribution >= 0.6 is 23.4 Å². The highest BCUT2D eigenvalue weighted by Crippen LogP contribution is 2.23. The minimum absolute atomic E-state index is 0.0578. The van der Waals surface area contributed by atoms with Crippen molar-refractivity contribution in [2.75, 3.05) is 5.75 Å². The average Bonchev–Trinajstić information content (AvgIpc) is 3.09. The van der Waals surface area contributed by atoms with Crippen LogP contribution in [0.25, 0.3) is 5.69 Å². The van der Waals surface area contributed by atoms with Gasteiger partial charge in [-0.2, -0.15) is 0 Å². The van der Waals surface area contributed by atoms with Crippen molar-refractivity contribution in [1.29, 1.82) is 0 Å². The Kier molecular flexibility index (Phi) is 6.19. The van der Waals surface area contributed by atoms with E-state index >= 15 is 0 Å². The molecule has 1 N–H and O–H groups in total. The highest BCUT2D eigenvalue weighted by atomic mass is 35.5. The van der Waals surface area contributed by atoms with E-state index in [1.54, 1.807) is 6.33 Å². The quantitative estimate of drug-likeness (QED) is 0.618. The molecule has 1 aromatic heterocycles. The molecule has 1 amide bonds. The SMILES string of the molecule is Cc1ccc(-n2cnnc2SCC(=O)NC(C)c2ccc(Cl)cc2)c(C)c1. The van der Waals surface area contributed by atoms with Crippen LogP contribution in [0.5, 0.6) is 0 Å². The molecule has 0 aliphatic carbocycles. The van der Waals surface area contributed by atoms with E-state index in [2.05, 4.69) is 41.5 Å². The first kappa shape index (κ1) is 19.5. The molecule has 0 saturated heterocycles. The lowest BCUT2D eigenvalue weighted by atomic mass is 10.1. The molecule has 0 bridgehead atoms. The largest absolute Gasteiger partial charge is 0.349 e. The van der Waals surface area contributed by atoms with Crippen LogP contribution in [-0.2, 0) is 4.79 Å². The number of amides is 1. The summed E-state index contributed by atoms with van der Waals surface area (Å²) >= 11 is 7.27. The summed E-state index contributed by atoms with van der Waals surface area (Å²) in [6.45, 7) is 6.06. The van der Waals surface area contributed by atoms with Crippen molar-refractivity contribution in [3.05, 3.63) is 70.5 Å². The molecule has 0 fully saturated rings. The lowest BCUT2D eigenvalue weighted by molar-refractivity contribution is -0.119. The van der Waals surface area contributed by atoms with Crippen LogP contribution in [-0.4, -0.2) is 26.4 Å². The Labute approximate surface area is 168 Å². The van der Waals surface area contributed by atoms with Gasteiger partial charge in [-0.15, -0.1) is 10.2 Å². The molecule has 0 radical (unpaired) electrons. The van der Waals surface area contributed by atoms with Gasteiger partial charge in [0.2, 0.25) is 5.91 Å². The molecule has 1 unspecified atom stereocenters. The van der Waals surface area contributed by atoms with Crippen molar-refractivity contribution >= 4 is 29.3 Å². The van der Waals surface area contributed by atoms with E-state index in [0.717, 1.165) is 16.8 Å². The van der Waals surface area contributed by atoms with Gasteiger partial charge in [0, 0.05) is 5.02 Å². The predicted octanol–water partition coefficient (Wildman–Crippen LogP) is 4.51. The smallest absolute Gasteiger partial charge is 0.230 e. The molecule has 5 nitrogen and oxygen atoms in total. The molecule has 0 aliphatic rings. The minimum Gasteiger partial charge on any atom is -0.349 e. The number of hydrogen-bond donors (Lipinski definition) is 1. The van der Waals surface area contributed by atoms with Crippen molar-refractivity contribution < 1.29 is 4.79 Å². The van der Waals surface area contributed by atoms with Crippen molar-refractivity contribution in [3.8, 4) is 5.69 Å². The number of halogens is 1. The second kappa shape index (κ2) is 8.59. The molecular formula is C20H21ClN4OS. The molecule has 27 heavy (non-hydrogen) atoms. The van der Waals surface area contributed by atoms with Crippen LogP contribution in [0.4, 0.5) is 0 Å². The fourth-order valence-corrected chi connectivity index (χ4v) is 3.67. The lowest BCUT2D eigenvalue weighted by Crippen LogP contribution is -2.28. The number of thioether (sulfide) groups is 1. The normalized spacial score (nSPS) is 12.0. The highest BCUT2D eigenvalue weighted by Gasteiger charge is 2.14. The van der Waals surface area contributed by atoms with E-state index in [1.165, 1.54) is 17.3 Å². The summed E-state index contributed by atoms with van der Waals surface area (Å²) < 4.78 is 1.91. The summed E-state index contributed by atoms with van der Waals surface area (Å²) in [7, 11) is 0. The van der Waals surface area contributed by atoms with Gasteiger partial charge >= 0.3 is 0 Å². The summed E-state index contributed by atoms with van der Waals surface area (Å²) in [5.74, 6) is 0.208. The summed E-state index contributed by atoms with van der Waals surface area (Å²) in [5, 5.41) is 12.5. The Morgan fingerprint density at radius 2 is 1.96 bits per heavy atom. The zero-order valence-corrected chi connectivity index (χ0v) is 17.0. The number of benzene rings is 2. The molecule has 140 valence electrons. The molecule has 1 atom stereocenters. The van der Waals surface area contributed by atoms with Gasteiger partial charge < -0.3 is 5.32 Å². The van der Waals surface area contributed by atoms with Crippen LogP contribution in [0.15, 0.2) is 53.9 Å². The number of carbonyl (C=O) groups is 1. The first-order valence-electron chi connectivity index (χ1n) is 8.59. The second-order valence-corrected chi connectivity index (χ2v) is 7.78. The van der Waals surface area contributed by atoms with Gasteiger partial charge in [-0.05, 0) is 50.1 Å².